The van der Waals surface area contributed by atoms with Gasteiger partial charge in [-0.25, -0.2) is 0 Å². The molecule has 0 bridgehead atoms. The van der Waals surface area contributed by atoms with Gasteiger partial charge in [0.1, 0.15) is 0 Å². The van der Waals surface area contributed by atoms with Gasteiger partial charge in [0.05, 0.1) is 18.8 Å². The first-order chi connectivity index (χ1) is 11.1. The molecular weight excluding hydrogens is 286 g/mol. The van der Waals surface area contributed by atoms with E-state index in [4.69, 9.17) is 5.11 Å². The zero-order chi connectivity index (χ0) is 16.4. The lowest BCUT2D eigenvalue weighted by atomic mass is 9.92. The lowest BCUT2D eigenvalue weighted by Crippen LogP contribution is -2.27. The molecule has 2 aromatic rings. The van der Waals surface area contributed by atoms with Crippen molar-refractivity contribution in [3.05, 3.63) is 52.3 Å². The van der Waals surface area contributed by atoms with E-state index in [0.29, 0.717) is 12.0 Å². The van der Waals surface area contributed by atoms with Crippen molar-refractivity contribution >= 4 is 0 Å². The van der Waals surface area contributed by atoms with Gasteiger partial charge in [-0.3, -0.25) is 4.68 Å². The van der Waals surface area contributed by atoms with Crippen molar-refractivity contribution in [2.75, 3.05) is 13.2 Å². The molecule has 0 saturated heterocycles. The lowest BCUT2D eigenvalue weighted by Gasteiger charge is -2.19. The molecule has 1 saturated carbocycles. The molecule has 0 atom stereocenters. The summed E-state index contributed by atoms with van der Waals surface area (Å²) in [7, 11) is 0. The Balaban J connectivity index is 1.65. The highest BCUT2D eigenvalue weighted by Gasteiger charge is 2.44. The van der Waals surface area contributed by atoms with Gasteiger partial charge in [-0.1, -0.05) is 24.3 Å². The summed E-state index contributed by atoms with van der Waals surface area (Å²) in [6, 6.07) is 8.75. The summed E-state index contributed by atoms with van der Waals surface area (Å²) in [5.74, 6) is 0. The Morgan fingerprint density at radius 1 is 1.22 bits per heavy atom. The average molecular weight is 313 g/mol. The fraction of sp³-hybridized carbons (Fsp3) is 0.526. The van der Waals surface area contributed by atoms with Gasteiger partial charge in [-0.15, -0.1) is 0 Å². The fourth-order valence-corrected chi connectivity index (χ4v) is 3.59. The average Bonchev–Trinajstić information content (AvgIpc) is 3.26. The van der Waals surface area contributed by atoms with E-state index in [0.717, 1.165) is 24.5 Å². The van der Waals surface area contributed by atoms with Gasteiger partial charge in [-0.2, -0.15) is 5.10 Å². The second-order valence-corrected chi connectivity index (χ2v) is 6.79. The maximum atomic E-state index is 9.11. The molecule has 1 heterocycles. The Hall–Kier alpha value is -1.65. The normalized spacial score (nSPS) is 15.8. The first kappa shape index (κ1) is 16.2. The molecule has 1 aromatic heterocycles. The van der Waals surface area contributed by atoms with Crippen LogP contribution in [0.2, 0.25) is 0 Å². The van der Waals surface area contributed by atoms with Crippen molar-refractivity contribution in [2.45, 2.75) is 52.1 Å². The minimum Gasteiger partial charge on any atom is -0.394 e. The van der Waals surface area contributed by atoms with Crippen LogP contribution in [0.1, 0.15) is 40.9 Å². The van der Waals surface area contributed by atoms with Gasteiger partial charge < -0.3 is 10.4 Å². The van der Waals surface area contributed by atoms with Gasteiger partial charge in [0.2, 0.25) is 0 Å². The summed E-state index contributed by atoms with van der Waals surface area (Å²) in [6.45, 7) is 8.90. The molecule has 1 fully saturated rings. The van der Waals surface area contributed by atoms with E-state index >= 15 is 0 Å². The Kier molecular flexibility index (Phi) is 4.55. The third-order valence-corrected chi connectivity index (χ3v) is 5.18. The van der Waals surface area contributed by atoms with Crippen LogP contribution in [-0.4, -0.2) is 28.0 Å². The number of hydrogen-bond acceptors (Lipinski definition) is 3. The third kappa shape index (κ3) is 3.19. The maximum Gasteiger partial charge on any atom is 0.0644 e. The van der Waals surface area contributed by atoms with Gasteiger partial charge in [0.15, 0.2) is 0 Å². The van der Waals surface area contributed by atoms with E-state index in [1.54, 1.807) is 0 Å². The summed E-state index contributed by atoms with van der Waals surface area (Å²) in [5.41, 5.74) is 6.70. The molecule has 2 N–H and O–H groups in total. The van der Waals surface area contributed by atoms with Crippen LogP contribution in [0.25, 0.3) is 0 Å². The predicted molar refractivity (Wildman–Crippen MR) is 92.6 cm³/mol. The highest BCUT2D eigenvalue weighted by Crippen LogP contribution is 2.48. The van der Waals surface area contributed by atoms with Crippen molar-refractivity contribution in [3.63, 3.8) is 0 Å². The van der Waals surface area contributed by atoms with Crippen LogP contribution >= 0.6 is 0 Å². The molecule has 124 valence electrons. The van der Waals surface area contributed by atoms with Crippen LogP contribution in [-0.2, 0) is 18.5 Å². The van der Waals surface area contributed by atoms with Gasteiger partial charge in [0.25, 0.3) is 0 Å². The zero-order valence-electron chi connectivity index (χ0n) is 14.4. The van der Waals surface area contributed by atoms with Crippen LogP contribution in [0.5, 0.6) is 0 Å². The number of nitrogens with one attached hydrogen (secondary N) is 1. The largest absolute Gasteiger partial charge is 0.394 e. The standard InChI is InChI=1S/C19H27N3O/c1-14-6-4-5-7-18(14)19(8-9-19)13-20-12-17-15(2)21-22(10-11-23)16(17)3/h4-7,20,23H,8-13H2,1-3H3. The Morgan fingerprint density at radius 2 is 1.96 bits per heavy atom. The van der Waals surface area contributed by atoms with E-state index in [9.17, 15) is 0 Å². The second-order valence-electron chi connectivity index (χ2n) is 6.79. The molecule has 1 aromatic carbocycles. The minimum absolute atomic E-state index is 0.130. The Morgan fingerprint density at radius 3 is 2.61 bits per heavy atom. The fourth-order valence-electron chi connectivity index (χ4n) is 3.59. The van der Waals surface area contributed by atoms with Crippen LogP contribution in [0.4, 0.5) is 0 Å². The van der Waals surface area contributed by atoms with Gasteiger partial charge in [-0.05, 0) is 44.7 Å². The Labute approximate surface area is 138 Å². The molecule has 0 radical (unpaired) electrons. The molecule has 3 rings (SSSR count). The number of aromatic nitrogens is 2. The summed E-state index contributed by atoms with van der Waals surface area (Å²) >= 11 is 0. The highest BCUT2D eigenvalue weighted by atomic mass is 16.3. The summed E-state index contributed by atoms with van der Waals surface area (Å²) in [5, 5.41) is 17.3. The van der Waals surface area contributed by atoms with Crippen molar-refractivity contribution in [3.8, 4) is 0 Å². The molecule has 0 aliphatic heterocycles. The van der Waals surface area contributed by atoms with Gasteiger partial charge >= 0.3 is 0 Å². The first-order valence-corrected chi connectivity index (χ1v) is 8.48. The first-order valence-electron chi connectivity index (χ1n) is 8.48. The van der Waals surface area contributed by atoms with E-state index in [-0.39, 0.29) is 6.61 Å². The zero-order valence-corrected chi connectivity index (χ0v) is 14.4. The minimum atomic E-state index is 0.130. The SMILES string of the molecule is Cc1ccccc1C1(CNCc2c(C)nn(CCO)c2C)CC1. The highest BCUT2D eigenvalue weighted by molar-refractivity contribution is 5.38. The number of aliphatic hydroxyl groups is 1. The quantitative estimate of drug-likeness (QED) is 0.826. The molecule has 1 aliphatic carbocycles. The van der Waals surface area contributed by atoms with Crippen LogP contribution in [0.15, 0.2) is 24.3 Å². The van der Waals surface area contributed by atoms with E-state index in [1.807, 2.05) is 11.6 Å². The smallest absolute Gasteiger partial charge is 0.0644 e. The van der Waals surface area contributed by atoms with E-state index in [1.165, 1.54) is 29.5 Å². The summed E-state index contributed by atoms with van der Waals surface area (Å²) in [4.78, 5) is 0. The van der Waals surface area contributed by atoms with Crippen LogP contribution in [0, 0.1) is 20.8 Å². The number of nitrogens with zero attached hydrogens (tertiary/aromatic N) is 2. The molecule has 4 heteroatoms. The molecule has 0 amide bonds. The monoisotopic (exact) mass is 313 g/mol. The van der Waals surface area contributed by atoms with Crippen molar-refractivity contribution < 1.29 is 5.11 Å². The predicted octanol–water partition coefficient (Wildman–Crippen LogP) is 2.62. The molecule has 0 unspecified atom stereocenters. The third-order valence-electron chi connectivity index (χ3n) is 5.18. The van der Waals surface area contributed by atoms with Crippen molar-refractivity contribution in [2.24, 2.45) is 0 Å². The van der Waals surface area contributed by atoms with Crippen molar-refractivity contribution in [1.82, 2.24) is 15.1 Å². The Bertz CT molecular complexity index is 686. The lowest BCUT2D eigenvalue weighted by molar-refractivity contribution is 0.267. The molecule has 23 heavy (non-hydrogen) atoms. The molecular formula is C19H27N3O. The van der Waals surface area contributed by atoms with Gasteiger partial charge in [0, 0.05) is 29.8 Å². The topological polar surface area (TPSA) is 50.1 Å². The number of aliphatic hydroxyl groups excluding tert-OH is 1. The number of hydrogen-bond donors (Lipinski definition) is 2. The van der Waals surface area contributed by atoms with E-state index < -0.39 is 0 Å². The number of rotatable bonds is 7. The summed E-state index contributed by atoms with van der Waals surface area (Å²) in [6.07, 6.45) is 2.54. The van der Waals surface area contributed by atoms with Crippen molar-refractivity contribution in [1.29, 1.82) is 0 Å². The second kappa shape index (κ2) is 6.46. The van der Waals surface area contributed by atoms with E-state index in [2.05, 4.69) is 48.5 Å². The van der Waals surface area contributed by atoms with Crippen LogP contribution in [0.3, 0.4) is 0 Å². The molecule has 1 aliphatic rings. The number of benzene rings is 1. The number of aryl methyl sites for hydroxylation is 2. The molecule has 0 spiro atoms. The maximum absolute atomic E-state index is 9.11. The van der Waals surface area contributed by atoms with Crippen LogP contribution < -0.4 is 5.32 Å². The summed E-state index contributed by atoms with van der Waals surface area (Å²) < 4.78 is 1.90. The molecule has 4 nitrogen and oxygen atoms in total.